The van der Waals surface area contributed by atoms with Gasteiger partial charge in [-0.05, 0) is 71.3 Å². The maximum absolute atomic E-state index is 13.0. The number of ether oxygens (including phenoxy) is 1. The van der Waals surface area contributed by atoms with Gasteiger partial charge in [0, 0.05) is 80.4 Å². The Labute approximate surface area is 260 Å². The molecule has 9 nitrogen and oxygen atoms in total. The molecule has 44 heavy (non-hydrogen) atoms. The molecule has 0 aliphatic carbocycles. The van der Waals surface area contributed by atoms with E-state index in [1.807, 2.05) is 40.1 Å². The van der Waals surface area contributed by atoms with Crippen LogP contribution in [-0.4, -0.2) is 80.8 Å². The Morgan fingerprint density at radius 1 is 0.977 bits per heavy atom. The molecule has 0 bridgehead atoms. The number of aromatic nitrogens is 3. The van der Waals surface area contributed by atoms with Crippen molar-refractivity contribution >= 4 is 28.5 Å². The minimum Gasteiger partial charge on any atom is -0.479 e. The first-order valence-electron chi connectivity index (χ1n) is 15.5. The van der Waals surface area contributed by atoms with Crippen LogP contribution in [0.3, 0.4) is 0 Å². The van der Waals surface area contributed by atoms with Gasteiger partial charge in [-0.2, -0.15) is 0 Å². The number of likely N-dealkylation sites (N-methyl/N-ethyl adjacent to an activating group) is 1. The predicted molar refractivity (Wildman–Crippen MR) is 175 cm³/mol. The van der Waals surface area contributed by atoms with E-state index in [-0.39, 0.29) is 0 Å². The SMILES string of the molecule is Cc1ccc(-c2c([C@H](OC(C)(C)C)C(=O)O)c(C)c3c4c2cc(C)n4CCN3c2ncc(CN3CCN(C)CC3)cn2)cc1. The molecule has 0 amide bonds. The first-order chi connectivity index (χ1) is 20.9. The van der Waals surface area contributed by atoms with Gasteiger partial charge in [-0.15, -0.1) is 0 Å². The lowest BCUT2D eigenvalue weighted by Gasteiger charge is -2.35. The van der Waals surface area contributed by atoms with E-state index in [1.165, 1.54) is 0 Å². The van der Waals surface area contributed by atoms with Gasteiger partial charge in [-0.1, -0.05) is 29.8 Å². The first-order valence-corrected chi connectivity index (χ1v) is 15.5. The summed E-state index contributed by atoms with van der Waals surface area (Å²) in [5.74, 6) is -0.384. The van der Waals surface area contributed by atoms with Gasteiger partial charge in [0.15, 0.2) is 6.10 Å². The molecule has 2 aliphatic heterocycles. The van der Waals surface area contributed by atoms with Gasteiger partial charge in [-0.25, -0.2) is 14.8 Å². The molecule has 0 saturated carbocycles. The zero-order valence-corrected chi connectivity index (χ0v) is 27.0. The summed E-state index contributed by atoms with van der Waals surface area (Å²) in [5.41, 5.74) is 8.16. The highest BCUT2D eigenvalue weighted by molar-refractivity contribution is 6.08. The average molecular weight is 597 g/mol. The molecule has 1 saturated heterocycles. The summed E-state index contributed by atoms with van der Waals surface area (Å²) < 4.78 is 8.67. The largest absolute Gasteiger partial charge is 0.479 e. The lowest BCUT2D eigenvalue weighted by atomic mass is 9.87. The second-order valence-corrected chi connectivity index (χ2v) is 13.4. The summed E-state index contributed by atoms with van der Waals surface area (Å²) in [6.07, 6.45) is 2.72. The fraction of sp³-hybridized carbons (Fsp3) is 0.457. The monoisotopic (exact) mass is 596 g/mol. The minimum atomic E-state index is -1.16. The van der Waals surface area contributed by atoms with E-state index in [9.17, 15) is 9.90 Å². The number of piperazine rings is 1. The van der Waals surface area contributed by atoms with Crippen molar-refractivity contribution in [3.63, 3.8) is 0 Å². The Morgan fingerprint density at radius 3 is 2.25 bits per heavy atom. The average Bonchev–Trinajstić information content (AvgIpc) is 3.31. The molecule has 2 aromatic carbocycles. The number of rotatable bonds is 7. The molecule has 2 aliphatic rings. The van der Waals surface area contributed by atoms with Crippen LogP contribution in [0.4, 0.5) is 11.6 Å². The predicted octanol–water partition coefficient (Wildman–Crippen LogP) is 5.86. The Kier molecular flexibility index (Phi) is 7.98. The third-order valence-corrected chi connectivity index (χ3v) is 8.88. The van der Waals surface area contributed by atoms with Gasteiger partial charge in [0.25, 0.3) is 0 Å². The van der Waals surface area contributed by atoms with Crippen molar-refractivity contribution < 1.29 is 14.6 Å². The Bertz CT molecular complexity index is 1680. The van der Waals surface area contributed by atoms with Gasteiger partial charge in [0.2, 0.25) is 5.95 Å². The fourth-order valence-corrected chi connectivity index (χ4v) is 6.67. The summed E-state index contributed by atoms with van der Waals surface area (Å²) in [6, 6.07) is 10.5. The number of hydrogen-bond donors (Lipinski definition) is 1. The van der Waals surface area contributed by atoms with Crippen molar-refractivity contribution in [2.45, 2.75) is 66.3 Å². The van der Waals surface area contributed by atoms with E-state index >= 15 is 0 Å². The molecule has 1 fully saturated rings. The van der Waals surface area contributed by atoms with Crippen molar-refractivity contribution in [1.82, 2.24) is 24.3 Å². The van der Waals surface area contributed by atoms with Crippen molar-refractivity contribution in [2.75, 3.05) is 44.7 Å². The summed E-state index contributed by atoms with van der Waals surface area (Å²) >= 11 is 0. The number of carbonyl (C=O) groups is 1. The summed E-state index contributed by atoms with van der Waals surface area (Å²) in [7, 11) is 2.16. The van der Waals surface area contributed by atoms with Crippen molar-refractivity contribution in [1.29, 1.82) is 0 Å². The highest BCUT2D eigenvalue weighted by Gasteiger charge is 2.36. The summed E-state index contributed by atoms with van der Waals surface area (Å²) in [4.78, 5) is 29.7. The van der Waals surface area contributed by atoms with Crippen molar-refractivity contribution in [3.8, 4) is 11.1 Å². The standard InChI is InChI=1S/C35H44N6O3/c1-22-8-10-26(11-9-22)29-27-18-23(2)40-16-17-41(34-36-19-25(20-37-34)21-39-14-12-38(7)13-15-39)30(31(27)40)24(3)28(29)32(33(42)43)44-35(4,5)6/h8-11,18-20,32H,12-17,21H2,1-7H3,(H,42,43)/t32-/m0/s1. The Hall–Kier alpha value is -3.79. The van der Waals surface area contributed by atoms with Crippen LogP contribution in [0.25, 0.3) is 22.0 Å². The van der Waals surface area contributed by atoms with Gasteiger partial charge in [0.05, 0.1) is 16.8 Å². The Balaban J connectivity index is 1.51. The Morgan fingerprint density at radius 2 is 1.64 bits per heavy atom. The zero-order valence-electron chi connectivity index (χ0n) is 27.0. The van der Waals surface area contributed by atoms with Crippen LogP contribution >= 0.6 is 0 Å². The van der Waals surface area contributed by atoms with Crippen molar-refractivity contribution in [2.24, 2.45) is 0 Å². The highest BCUT2D eigenvalue weighted by Crippen LogP contribution is 2.49. The van der Waals surface area contributed by atoms with E-state index in [4.69, 9.17) is 14.7 Å². The second-order valence-electron chi connectivity index (χ2n) is 13.4. The number of carboxylic acid groups (broad SMARTS) is 1. The number of aryl methyl sites for hydroxylation is 2. The molecule has 2 aromatic heterocycles. The third-order valence-electron chi connectivity index (χ3n) is 8.88. The fourth-order valence-electron chi connectivity index (χ4n) is 6.67. The number of benzene rings is 2. The third kappa shape index (κ3) is 5.72. The molecule has 1 atom stereocenters. The number of aliphatic carboxylic acids is 1. The molecule has 0 spiro atoms. The van der Waals surface area contributed by atoms with Gasteiger partial charge < -0.3 is 24.2 Å². The minimum absolute atomic E-state index is 0.624. The normalized spacial score (nSPS) is 16.9. The maximum atomic E-state index is 13.0. The van der Waals surface area contributed by atoms with E-state index in [0.717, 1.165) is 89.4 Å². The lowest BCUT2D eigenvalue weighted by Crippen LogP contribution is -2.43. The smallest absolute Gasteiger partial charge is 0.337 e. The number of anilines is 2. The number of carboxylic acids is 1. The van der Waals surface area contributed by atoms with Crippen LogP contribution in [-0.2, 0) is 22.6 Å². The molecular formula is C35H44N6O3. The van der Waals surface area contributed by atoms with E-state index in [0.29, 0.717) is 18.1 Å². The first kappa shape index (κ1) is 30.2. The molecule has 9 heteroatoms. The molecule has 232 valence electrons. The molecule has 4 heterocycles. The molecule has 0 radical (unpaired) electrons. The van der Waals surface area contributed by atoms with E-state index in [2.05, 4.69) is 70.5 Å². The van der Waals surface area contributed by atoms with Crippen LogP contribution in [0.15, 0.2) is 42.7 Å². The molecule has 1 N–H and O–H groups in total. The number of nitrogens with zero attached hydrogens (tertiary/aromatic N) is 6. The van der Waals surface area contributed by atoms with Crippen molar-refractivity contribution in [3.05, 3.63) is 70.7 Å². The highest BCUT2D eigenvalue weighted by atomic mass is 16.5. The van der Waals surface area contributed by atoms with E-state index in [1.54, 1.807) is 0 Å². The van der Waals surface area contributed by atoms with E-state index < -0.39 is 17.7 Å². The summed E-state index contributed by atoms with van der Waals surface area (Å²) in [5, 5.41) is 11.6. The zero-order chi connectivity index (χ0) is 31.3. The quantitative estimate of drug-likeness (QED) is 0.284. The van der Waals surface area contributed by atoms with Gasteiger partial charge in [0.1, 0.15) is 0 Å². The second kappa shape index (κ2) is 11.6. The topological polar surface area (TPSA) is 87.0 Å². The van der Waals surface area contributed by atoms with Gasteiger partial charge in [-0.3, -0.25) is 4.90 Å². The lowest BCUT2D eigenvalue weighted by molar-refractivity contribution is -0.160. The van der Waals surface area contributed by atoms with Crippen LogP contribution in [0, 0.1) is 20.8 Å². The van der Waals surface area contributed by atoms with Crippen LogP contribution in [0.2, 0.25) is 0 Å². The molecular weight excluding hydrogens is 552 g/mol. The summed E-state index contributed by atoms with van der Waals surface area (Å²) in [6.45, 7) is 18.4. The maximum Gasteiger partial charge on any atom is 0.337 e. The van der Waals surface area contributed by atoms with Gasteiger partial charge >= 0.3 is 5.97 Å². The van der Waals surface area contributed by atoms with Crippen LogP contribution in [0.5, 0.6) is 0 Å². The molecule has 0 unspecified atom stereocenters. The number of hydrogen-bond acceptors (Lipinski definition) is 7. The molecule has 4 aromatic rings. The van der Waals surface area contributed by atoms with Crippen LogP contribution < -0.4 is 4.90 Å². The van der Waals surface area contributed by atoms with Crippen LogP contribution in [0.1, 0.15) is 54.8 Å². The molecule has 6 rings (SSSR count).